The number of ketones is 2. The number of nitrogens with zero attached hydrogens (tertiary/aromatic N) is 2. The van der Waals surface area contributed by atoms with E-state index in [1.54, 1.807) is 14.0 Å². The summed E-state index contributed by atoms with van der Waals surface area (Å²) < 4.78 is 11.1. The number of hydrogen-bond acceptors (Lipinski definition) is 8. The Morgan fingerprint density at radius 2 is 2.00 bits per heavy atom. The number of fused-ring (bicyclic) bond motifs is 4. The fourth-order valence-corrected chi connectivity index (χ4v) is 5.32. The van der Waals surface area contributed by atoms with Crippen molar-refractivity contribution in [2.45, 2.75) is 24.7 Å². The Bertz CT molecular complexity index is 898. The van der Waals surface area contributed by atoms with Gasteiger partial charge in [-0.2, -0.15) is 0 Å². The maximum absolute atomic E-state index is 13.6. The van der Waals surface area contributed by atoms with Crippen molar-refractivity contribution in [3.63, 3.8) is 0 Å². The SMILES string of the molecule is COC12[C@@H]3N[C@@H]3CN1C1=C(C(=O)C(N3CC=CC3)=C(C)C1=O)[C@@H]2COC(N)=O. The van der Waals surface area contributed by atoms with Gasteiger partial charge in [0, 0.05) is 43.9 Å². The number of nitrogens with two attached hydrogens (primary N) is 1. The van der Waals surface area contributed by atoms with E-state index in [1.807, 2.05) is 22.0 Å². The number of primary amides is 1. The van der Waals surface area contributed by atoms with Gasteiger partial charge in [-0.05, 0) is 6.92 Å². The van der Waals surface area contributed by atoms with Crippen molar-refractivity contribution in [2.24, 2.45) is 11.7 Å². The van der Waals surface area contributed by atoms with Crippen LogP contribution in [0.2, 0.25) is 0 Å². The van der Waals surface area contributed by atoms with Gasteiger partial charge in [0.25, 0.3) is 0 Å². The number of carbonyl (C=O) groups excluding carboxylic acids is 3. The number of hydrogen-bond donors (Lipinski definition) is 2. The molecule has 1 unspecified atom stereocenters. The zero-order valence-corrected chi connectivity index (χ0v) is 15.7. The minimum atomic E-state index is -0.935. The largest absolute Gasteiger partial charge is 0.449 e. The first-order chi connectivity index (χ1) is 13.4. The highest BCUT2D eigenvalue weighted by atomic mass is 16.6. The van der Waals surface area contributed by atoms with Crippen LogP contribution in [-0.4, -0.2) is 78.6 Å². The second-order valence-electron chi connectivity index (χ2n) is 7.77. The van der Waals surface area contributed by atoms with Crippen molar-refractivity contribution in [3.8, 4) is 0 Å². The molecule has 0 spiro atoms. The fourth-order valence-electron chi connectivity index (χ4n) is 5.32. The third kappa shape index (κ3) is 2.00. The summed E-state index contributed by atoms with van der Waals surface area (Å²) in [5, 5.41) is 3.34. The molecule has 0 radical (unpaired) electrons. The molecule has 0 bridgehead atoms. The number of nitrogens with one attached hydrogen (secondary N) is 1. The van der Waals surface area contributed by atoms with E-state index in [2.05, 4.69) is 5.32 Å². The summed E-state index contributed by atoms with van der Waals surface area (Å²) in [6.07, 6.45) is 3.02. The normalized spacial score (nSPS) is 35.6. The van der Waals surface area contributed by atoms with Crippen molar-refractivity contribution in [3.05, 3.63) is 34.7 Å². The molecule has 1 aliphatic carbocycles. The van der Waals surface area contributed by atoms with E-state index in [4.69, 9.17) is 15.2 Å². The second-order valence-corrected chi connectivity index (χ2v) is 7.77. The number of Topliss-reactive ketones (excluding diaryl/α,β-unsaturated/α-hetero) is 2. The third-order valence-electron chi connectivity index (χ3n) is 6.53. The molecule has 148 valence electrons. The van der Waals surface area contributed by atoms with Crippen molar-refractivity contribution in [2.75, 3.05) is 33.4 Å². The Hall–Kier alpha value is -2.65. The Morgan fingerprint density at radius 3 is 2.64 bits per heavy atom. The smallest absolute Gasteiger partial charge is 0.404 e. The minimum absolute atomic E-state index is 0.0395. The van der Waals surface area contributed by atoms with Crippen LogP contribution in [0.1, 0.15) is 6.92 Å². The van der Waals surface area contributed by atoms with Gasteiger partial charge in [0.05, 0.1) is 23.4 Å². The minimum Gasteiger partial charge on any atom is -0.449 e. The Kier molecular flexibility index (Phi) is 3.54. The molecule has 2 fully saturated rings. The van der Waals surface area contributed by atoms with Gasteiger partial charge in [-0.15, -0.1) is 0 Å². The topological polar surface area (TPSA) is 124 Å². The van der Waals surface area contributed by atoms with Crippen LogP contribution >= 0.6 is 0 Å². The van der Waals surface area contributed by atoms with Crippen LogP contribution in [0.5, 0.6) is 0 Å². The number of ether oxygens (including phenoxy) is 2. The van der Waals surface area contributed by atoms with Crippen molar-refractivity contribution < 1.29 is 23.9 Å². The van der Waals surface area contributed by atoms with Gasteiger partial charge in [-0.1, -0.05) is 12.2 Å². The van der Waals surface area contributed by atoms with Gasteiger partial charge in [0.2, 0.25) is 11.6 Å². The maximum Gasteiger partial charge on any atom is 0.404 e. The van der Waals surface area contributed by atoms with Gasteiger partial charge >= 0.3 is 6.09 Å². The second kappa shape index (κ2) is 5.68. The first-order valence-electron chi connectivity index (χ1n) is 9.37. The average Bonchev–Trinajstić information content (AvgIpc) is 3.04. The summed E-state index contributed by atoms with van der Waals surface area (Å²) >= 11 is 0. The molecule has 2 saturated heterocycles. The predicted octanol–water partition coefficient (Wildman–Crippen LogP) is -0.738. The third-order valence-corrected chi connectivity index (χ3v) is 6.53. The highest BCUT2D eigenvalue weighted by molar-refractivity contribution is 6.25. The molecular weight excluding hydrogens is 364 g/mol. The molecule has 4 aliphatic heterocycles. The van der Waals surface area contributed by atoms with E-state index in [0.717, 1.165) is 0 Å². The lowest BCUT2D eigenvalue weighted by atomic mass is 9.82. The molecule has 0 saturated carbocycles. The predicted molar refractivity (Wildman–Crippen MR) is 96.6 cm³/mol. The first-order valence-corrected chi connectivity index (χ1v) is 9.37. The number of piperazine rings is 1. The molecular formula is C19H22N4O5. The molecule has 1 amide bonds. The summed E-state index contributed by atoms with van der Waals surface area (Å²) in [7, 11) is 1.56. The number of methoxy groups -OCH3 is 1. The summed E-state index contributed by atoms with van der Waals surface area (Å²) in [5.41, 5.74) is 5.87. The van der Waals surface area contributed by atoms with Crippen LogP contribution in [0.4, 0.5) is 4.79 Å². The molecule has 28 heavy (non-hydrogen) atoms. The lowest BCUT2D eigenvalue weighted by Crippen LogP contribution is -2.55. The molecule has 5 rings (SSSR count). The van der Waals surface area contributed by atoms with Crippen LogP contribution in [-0.2, 0) is 19.1 Å². The number of allylic oxidation sites excluding steroid dienone is 2. The molecule has 0 aromatic carbocycles. The summed E-state index contributed by atoms with van der Waals surface area (Å²) in [6.45, 7) is 3.32. The summed E-state index contributed by atoms with van der Waals surface area (Å²) in [5.74, 6) is -0.960. The molecule has 4 heterocycles. The van der Waals surface area contributed by atoms with Gasteiger partial charge in [0.15, 0.2) is 5.72 Å². The zero-order chi connectivity index (χ0) is 19.8. The number of rotatable bonds is 4. The quantitative estimate of drug-likeness (QED) is 0.368. The van der Waals surface area contributed by atoms with E-state index in [-0.39, 0.29) is 30.3 Å². The van der Waals surface area contributed by atoms with E-state index < -0.39 is 17.7 Å². The Morgan fingerprint density at radius 1 is 1.29 bits per heavy atom. The first kappa shape index (κ1) is 17.4. The standard InChI is InChI=1S/C19H22N4O5/c1-9-13(22-5-3-4-6-22)16(25)12-10(8-28-18(20)26)19(27-2)17-11(21-17)7-23(19)14(12)15(9)24/h3-4,10-11,17,21H,5-8H2,1-2H3,(H2,20,26)/t10-,11+,17+,19?/m0/s1. The van der Waals surface area contributed by atoms with Crippen molar-refractivity contribution in [1.82, 2.24) is 15.1 Å². The number of amides is 1. The Balaban J connectivity index is 1.61. The average molecular weight is 386 g/mol. The molecule has 9 heteroatoms. The maximum atomic E-state index is 13.6. The van der Waals surface area contributed by atoms with Gasteiger partial charge in [-0.25, -0.2) is 4.79 Å². The van der Waals surface area contributed by atoms with Crippen LogP contribution in [0.15, 0.2) is 34.7 Å². The van der Waals surface area contributed by atoms with Crippen LogP contribution in [0.25, 0.3) is 0 Å². The lowest BCUT2D eigenvalue weighted by Gasteiger charge is -2.39. The van der Waals surface area contributed by atoms with Crippen LogP contribution in [0.3, 0.4) is 0 Å². The van der Waals surface area contributed by atoms with Gasteiger partial charge in [-0.3, -0.25) is 9.59 Å². The van der Waals surface area contributed by atoms with E-state index >= 15 is 0 Å². The fraction of sp³-hybridized carbons (Fsp3) is 0.526. The van der Waals surface area contributed by atoms with Crippen molar-refractivity contribution in [1.29, 1.82) is 0 Å². The van der Waals surface area contributed by atoms with Crippen LogP contribution < -0.4 is 11.1 Å². The molecule has 9 nitrogen and oxygen atoms in total. The highest BCUT2D eigenvalue weighted by Gasteiger charge is 2.72. The van der Waals surface area contributed by atoms with Crippen LogP contribution in [0, 0.1) is 5.92 Å². The van der Waals surface area contributed by atoms with E-state index in [0.29, 0.717) is 42.2 Å². The monoisotopic (exact) mass is 386 g/mol. The molecule has 0 aromatic heterocycles. The summed E-state index contributed by atoms with van der Waals surface area (Å²) in [4.78, 5) is 42.1. The zero-order valence-electron chi connectivity index (χ0n) is 15.7. The molecule has 0 aromatic rings. The molecule has 3 N–H and O–H groups in total. The van der Waals surface area contributed by atoms with E-state index in [9.17, 15) is 14.4 Å². The summed E-state index contributed by atoms with van der Waals surface area (Å²) in [6, 6.07) is 0.142. The van der Waals surface area contributed by atoms with Gasteiger partial charge in [0.1, 0.15) is 6.61 Å². The lowest BCUT2D eigenvalue weighted by molar-refractivity contribution is -0.137. The Labute approximate surface area is 161 Å². The van der Waals surface area contributed by atoms with Gasteiger partial charge < -0.3 is 30.3 Å². The van der Waals surface area contributed by atoms with E-state index in [1.165, 1.54) is 0 Å². The highest BCUT2D eigenvalue weighted by Crippen LogP contribution is 2.56. The molecule has 5 aliphatic rings. The molecule has 4 atom stereocenters. The number of carbonyl (C=O) groups is 3. The van der Waals surface area contributed by atoms with Crippen molar-refractivity contribution >= 4 is 17.7 Å².